The molecular weight excluding hydrogens is 1890 g/mol. The van der Waals surface area contributed by atoms with E-state index in [-0.39, 0.29) is 65.9 Å². The van der Waals surface area contributed by atoms with Gasteiger partial charge in [0, 0.05) is 113 Å². The summed E-state index contributed by atoms with van der Waals surface area (Å²) in [7, 11) is 0. The summed E-state index contributed by atoms with van der Waals surface area (Å²) in [5.41, 5.74) is 12.8. The van der Waals surface area contributed by atoms with Gasteiger partial charge < -0.3 is 48.0 Å². The number of rotatable bonds is 27. The fourth-order valence-electron chi connectivity index (χ4n) is 19.0. The quantitative estimate of drug-likeness (QED) is 0.0462. The number of hydrogen-bond donors (Lipinski definition) is 0. The number of benzene rings is 7. The molecule has 3 aliphatic carbocycles. The summed E-state index contributed by atoms with van der Waals surface area (Å²) in [5.74, 6) is 4.22. The molecule has 15 aromatic rings. The third-order valence-corrected chi connectivity index (χ3v) is 28.1. The third kappa shape index (κ3) is 24.9. The molecule has 9 aliphatic rings. The summed E-state index contributed by atoms with van der Waals surface area (Å²) in [6.07, 6.45) is 11.6. The van der Waals surface area contributed by atoms with Crippen molar-refractivity contribution < 1.29 is 66.0 Å². The maximum atomic E-state index is 13.7. The number of nitrogens with zero attached hydrogens (tertiary/aromatic N) is 20. The summed E-state index contributed by atoms with van der Waals surface area (Å²) >= 11 is 0. The van der Waals surface area contributed by atoms with E-state index in [1.807, 2.05) is 245 Å². The summed E-state index contributed by atoms with van der Waals surface area (Å²) in [5, 5.41) is 26.4. The van der Waals surface area contributed by atoms with Crippen LogP contribution in [0.3, 0.4) is 0 Å². The van der Waals surface area contributed by atoms with Crippen LogP contribution in [-0.4, -0.2) is 183 Å². The fraction of sp³-hybridized carbons (Fsp3) is 0.339. The van der Waals surface area contributed by atoms with Crippen molar-refractivity contribution in [3.05, 3.63) is 363 Å². The van der Waals surface area contributed by atoms with Gasteiger partial charge in [0.2, 0.25) is 35.3 Å². The minimum Gasteiger partial charge on any atom is -0.472 e. The molecule has 0 spiro atoms. The molecule has 32 nitrogen and oxygen atoms in total. The Kier molecular flexibility index (Phi) is 31.0. The monoisotopic (exact) mass is 2010 g/mol. The number of amides is 6. The predicted octanol–water partition coefficient (Wildman–Crippen LogP) is 18.7. The van der Waals surface area contributed by atoms with Crippen molar-refractivity contribution in [2.45, 2.75) is 184 Å². The van der Waals surface area contributed by atoms with E-state index >= 15 is 0 Å². The van der Waals surface area contributed by atoms with Gasteiger partial charge in [0.1, 0.15) is 96.9 Å². The summed E-state index contributed by atoms with van der Waals surface area (Å²) in [6.45, 7) is 25.0. The topological polar surface area (TPSA) is 310 Å². The Balaban J connectivity index is 0.000000112. The number of aromatic nitrogens is 14. The van der Waals surface area contributed by atoms with Crippen LogP contribution in [0.15, 0.2) is 273 Å². The molecule has 0 radical (unpaired) electrons. The van der Waals surface area contributed by atoms with Crippen molar-refractivity contribution in [3.63, 3.8) is 0 Å². The highest BCUT2D eigenvalue weighted by Gasteiger charge is 2.52. The van der Waals surface area contributed by atoms with Crippen LogP contribution < -0.4 is 43.1 Å². The lowest BCUT2D eigenvalue weighted by Crippen LogP contribution is -2.47. The van der Waals surface area contributed by atoms with Crippen molar-refractivity contribution in [2.75, 3.05) is 67.1 Å². The average Bonchev–Trinajstić information content (AvgIpc) is 1.59. The lowest BCUT2D eigenvalue weighted by Gasteiger charge is -2.43. The van der Waals surface area contributed by atoms with E-state index in [0.717, 1.165) is 89.5 Å². The molecular formula is C115H122F2N20O12. The first-order valence-corrected chi connectivity index (χ1v) is 50.9. The molecule has 3 saturated carbocycles. The molecule has 7 aromatic carbocycles. The number of carbonyl (C=O) groups is 6. The molecule has 0 N–H and O–H groups in total. The van der Waals surface area contributed by atoms with Crippen LogP contribution in [-0.2, 0) is 72.4 Å². The number of aryl methyl sites for hydroxylation is 3. The van der Waals surface area contributed by atoms with Gasteiger partial charge in [-0.15, -0.1) is 30.6 Å². The molecule has 4 atom stereocenters. The van der Waals surface area contributed by atoms with E-state index in [1.54, 1.807) is 116 Å². The molecule has 0 bridgehead atoms. The number of ether oxygens (including phenoxy) is 6. The Morgan fingerprint density at radius 3 is 1.14 bits per heavy atom. The van der Waals surface area contributed by atoms with Crippen molar-refractivity contribution in [1.82, 2.24) is 83.4 Å². The molecule has 0 saturated heterocycles. The number of halogens is 2. The van der Waals surface area contributed by atoms with E-state index in [0.29, 0.717) is 183 Å². The van der Waals surface area contributed by atoms with E-state index in [1.165, 1.54) is 50.7 Å². The van der Waals surface area contributed by atoms with Crippen molar-refractivity contribution in [3.8, 4) is 35.3 Å². The highest BCUT2D eigenvalue weighted by molar-refractivity contribution is 6.07. The van der Waals surface area contributed by atoms with Gasteiger partial charge in [-0.05, 0) is 166 Å². The molecule has 8 aromatic heterocycles. The first-order valence-electron chi connectivity index (χ1n) is 50.9. The van der Waals surface area contributed by atoms with Crippen molar-refractivity contribution in [2.24, 2.45) is 17.3 Å². The standard InChI is InChI=1S/C20H18FN3O2.2C20H20N4O2.C19H23N3O2.C18H20FN3O2.C18H21N3O2/c1-14-5-7-17(8-6-14)23-9-10-24-18(20(23)25)12-19(22-24)26-13-15-3-2-4-16(21)11-15;1-14-8-9-18(21-11-14)23-12-15(2)24-17(20(23)25)10-19(22-24)26-13-16-6-4-3-5-7-16;1-14-8-9-18(21-11-14)24-15(2)12-23-17(20(24)25)10-19(22-23)26-13-16-6-4-3-5-7-16;1-19(8-5-9-19)14-21-10-11-22-16(18(21)23)12-17(20-22)24-13-15-6-3-2-4-7-15;1-18(19)10-14(18)11-21-7-8-22-15(17(21)23)9-16(20-22)24-12-13-5-3-2-4-6-13;22-18-16-11-17(23-13-15-5-2-1-3-6-15)19-21(16)10-9-20(18)12-14-7-4-8-14/h2-8,11-12H,9-10,13H2,1H3;2*3-11,15H,12-13H2,1-2H3;2-4,6-7,12H,5,8-11,13-14H2,1H3;2-6,9,14H,7-8,10-12H2,1H3;1-3,5-6,11,14H,4,7-10,12-13H2/t;;15-;;;/m..1.../s1. The van der Waals surface area contributed by atoms with Gasteiger partial charge in [-0.1, -0.05) is 213 Å². The molecule has 24 rings (SSSR count). The van der Waals surface area contributed by atoms with Crippen LogP contribution in [0.2, 0.25) is 0 Å². The van der Waals surface area contributed by atoms with Gasteiger partial charge in [-0.25, -0.2) is 18.7 Å². The number of anilines is 3. The SMILES string of the molecule is CC1(CN2CCn3nc(OCc4ccccc4)cc3C2=O)CCC1.CC1(F)CC1CN1CCn2nc(OCc3ccccc3)cc2C1=O.Cc1ccc(N2C(=O)c3cc(OCc4ccccc4)nn3C[C@H]2C)nc1.Cc1ccc(N2CC(C)n3nc(OCc4ccccc4)cc3C2=O)nc1.Cc1ccc(N2CCn3nc(OCc4cccc(F)c4)cc3C2=O)cc1.O=C1c2cc(OCc3ccccc3)nn2CCN1CC1CCC1. The van der Waals surface area contributed by atoms with Crippen LogP contribution in [0, 0.1) is 43.8 Å². The molecule has 149 heavy (non-hydrogen) atoms. The second-order valence-corrected chi connectivity index (χ2v) is 39.9. The Morgan fingerprint density at radius 2 is 0.725 bits per heavy atom. The fourth-order valence-corrected chi connectivity index (χ4v) is 19.0. The zero-order chi connectivity index (χ0) is 103. The highest BCUT2D eigenvalue weighted by Crippen LogP contribution is 2.48. The highest BCUT2D eigenvalue weighted by atomic mass is 19.1. The van der Waals surface area contributed by atoms with Gasteiger partial charge in [0.15, 0.2) is 0 Å². The lowest BCUT2D eigenvalue weighted by atomic mass is 9.70. The van der Waals surface area contributed by atoms with Crippen LogP contribution in [0.1, 0.15) is 192 Å². The lowest BCUT2D eigenvalue weighted by molar-refractivity contribution is 0.0463. The van der Waals surface area contributed by atoms with E-state index in [2.05, 4.69) is 47.5 Å². The predicted molar refractivity (Wildman–Crippen MR) is 556 cm³/mol. The van der Waals surface area contributed by atoms with Crippen LogP contribution in [0.25, 0.3) is 0 Å². The normalized spacial score (nSPS) is 18.0. The van der Waals surface area contributed by atoms with E-state index < -0.39 is 5.67 Å². The second-order valence-electron chi connectivity index (χ2n) is 39.9. The number of carbonyl (C=O) groups excluding carboxylic acids is 6. The number of alkyl halides is 1. The minimum atomic E-state index is -1.11. The third-order valence-electron chi connectivity index (χ3n) is 28.1. The van der Waals surface area contributed by atoms with Crippen LogP contribution in [0.5, 0.6) is 35.3 Å². The van der Waals surface area contributed by atoms with Crippen LogP contribution in [0.4, 0.5) is 26.1 Å². The van der Waals surface area contributed by atoms with Gasteiger partial charge >= 0.3 is 0 Å². The second kappa shape index (κ2) is 45.7. The van der Waals surface area contributed by atoms with Crippen molar-refractivity contribution in [1.29, 1.82) is 0 Å². The summed E-state index contributed by atoms with van der Waals surface area (Å²) < 4.78 is 71.7. The Hall–Kier alpha value is -16.4. The maximum absolute atomic E-state index is 13.7. The molecule has 34 heteroatoms. The maximum Gasteiger partial charge on any atom is 0.278 e. The first kappa shape index (κ1) is 101. The summed E-state index contributed by atoms with van der Waals surface area (Å²) in [4.78, 5) is 96.2. The minimum absolute atomic E-state index is 0.0351. The molecule has 3 fully saturated rings. The molecule has 768 valence electrons. The smallest absolute Gasteiger partial charge is 0.278 e. The zero-order valence-electron chi connectivity index (χ0n) is 84.8. The zero-order valence-corrected chi connectivity index (χ0v) is 84.8. The number of pyridine rings is 2. The van der Waals surface area contributed by atoms with Crippen LogP contribution >= 0.6 is 0 Å². The molecule has 6 amide bonds. The Bertz CT molecular complexity index is 7160. The largest absolute Gasteiger partial charge is 0.472 e. The van der Waals surface area contributed by atoms with Gasteiger partial charge in [0.25, 0.3) is 35.4 Å². The number of fused-ring (bicyclic) bond motifs is 6. The van der Waals surface area contributed by atoms with E-state index in [4.69, 9.17) is 28.4 Å². The average molecular weight is 2010 g/mol. The molecule has 6 aliphatic heterocycles. The van der Waals surface area contributed by atoms with Gasteiger partial charge in [0.05, 0.1) is 44.8 Å². The Labute approximate surface area is 863 Å². The molecule has 3 unspecified atom stereocenters. The number of hydrogen-bond acceptors (Lipinski definition) is 20. The Morgan fingerprint density at radius 1 is 0.349 bits per heavy atom. The van der Waals surface area contributed by atoms with E-state index in [9.17, 15) is 37.5 Å². The van der Waals surface area contributed by atoms with Crippen molar-refractivity contribution >= 4 is 52.8 Å². The summed E-state index contributed by atoms with van der Waals surface area (Å²) in [6, 6.07) is 81.6. The van der Waals surface area contributed by atoms with Gasteiger partial charge in [-0.3, -0.25) is 66.7 Å². The van der Waals surface area contributed by atoms with Gasteiger partial charge in [-0.2, -0.15) is 0 Å². The first-order chi connectivity index (χ1) is 72.3. The molecule has 14 heterocycles.